The number of aryl methyl sites for hydroxylation is 1. The van der Waals surface area contributed by atoms with E-state index < -0.39 is 0 Å². The maximum Gasteiger partial charge on any atom is 0.305 e. The minimum Gasteiger partial charge on any atom is -0.336 e. The molecule has 2 rings (SSSR count). The largest absolute Gasteiger partial charge is 0.336 e. The topological polar surface area (TPSA) is 53.2 Å². The summed E-state index contributed by atoms with van der Waals surface area (Å²) in [6.45, 7) is 5.58. The van der Waals surface area contributed by atoms with Crippen LogP contribution in [0.4, 0.5) is 0 Å². The summed E-state index contributed by atoms with van der Waals surface area (Å²) < 4.78 is 0. The summed E-state index contributed by atoms with van der Waals surface area (Å²) in [6, 6.07) is 0. The number of thioether (sulfide) groups is 1. The number of amides is 1. The van der Waals surface area contributed by atoms with Crippen molar-refractivity contribution in [3.63, 3.8) is 0 Å². The number of aromatic nitrogens is 1. The molecule has 106 valence electrons. The first-order chi connectivity index (χ1) is 9.11. The number of likely N-dealkylation sites (tertiary alicyclic amines) is 1. The Labute approximate surface area is 121 Å². The lowest BCUT2D eigenvalue weighted by Gasteiger charge is -2.23. The van der Waals surface area contributed by atoms with Gasteiger partial charge >= 0.3 is 4.87 Å². The fraction of sp³-hybridized carbons (Fsp3) is 0.692. The van der Waals surface area contributed by atoms with E-state index in [-0.39, 0.29) is 10.8 Å². The van der Waals surface area contributed by atoms with Crippen molar-refractivity contribution in [1.29, 1.82) is 0 Å². The van der Waals surface area contributed by atoms with Gasteiger partial charge in [-0.3, -0.25) is 9.59 Å². The van der Waals surface area contributed by atoms with E-state index in [9.17, 15) is 9.59 Å². The Morgan fingerprint density at radius 2 is 2.32 bits per heavy atom. The lowest BCUT2D eigenvalue weighted by atomic mass is 10.2. The van der Waals surface area contributed by atoms with Crippen molar-refractivity contribution < 1.29 is 4.79 Å². The summed E-state index contributed by atoms with van der Waals surface area (Å²) in [7, 11) is 0. The van der Waals surface area contributed by atoms with E-state index in [4.69, 9.17) is 0 Å². The molecular formula is C13H20N2O2S2. The Balaban J connectivity index is 2.12. The van der Waals surface area contributed by atoms with E-state index in [1.807, 2.05) is 23.6 Å². The van der Waals surface area contributed by atoms with E-state index in [0.29, 0.717) is 10.9 Å². The SMILES string of the molecule is CCSC1CCCCN(C(=O)c2[nH]c(=O)sc2C)C1. The predicted octanol–water partition coefficient (Wildman–Crippen LogP) is 2.49. The second-order valence-corrected chi connectivity index (χ2v) is 7.53. The molecule has 1 N–H and O–H groups in total. The number of nitrogens with one attached hydrogen (secondary N) is 1. The van der Waals surface area contributed by atoms with E-state index in [0.717, 1.165) is 41.5 Å². The summed E-state index contributed by atoms with van der Waals surface area (Å²) >= 11 is 3.04. The molecule has 1 amide bonds. The van der Waals surface area contributed by atoms with E-state index in [2.05, 4.69) is 11.9 Å². The number of aromatic amines is 1. The van der Waals surface area contributed by atoms with E-state index in [1.165, 1.54) is 12.8 Å². The molecule has 1 atom stereocenters. The molecule has 4 nitrogen and oxygen atoms in total. The van der Waals surface area contributed by atoms with Crippen molar-refractivity contribution in [2.45, 2.75) is 38.4 Å². The smallest absolute Gasteiger partial charge is 0.305 e. The monoisotopic (exact) mass is 300 g/mol. The highest BCUT2D eigenvalue weighted by Gasteiger charge is 2.25. The van der Waals surface area contributed by atoms with Crippen LogP contribution in [-0.2, 0) is 0 Å². The van der Waals surface area contributed by atoms with E-state index >= 15 is 0 Å². The zero-order valence-electron chi connectivity index (χ0n) is 11.4. The lowest BCUT2D eigenvalue weighted by molar-refractivity contribution is 0.0757. The summed E-state index contributed by atoms with van der Waals surface area (Å²) in [4.78, 5) is 29.0. The van der Waals surface area contributed by atoms with Crippen LogP contribution in [-0.4, -0.2) is 39.9 Å². The van der Waals surface area contributed by atoms with Crippen LogP contribution in [0.2, 0.25) is 0 Å². The number of hydrogen-bond acceptors (Lipinski definition) is 4. The minimum atomic E-state index is -0.143. The molecule has 1 aliphatic heterocycles. The first kappa shape index (κ1) is 14.7. The predicted molar refractivity (Wildman–Crippen MR) is 81.4 cm³/mol. The van der Waals surface area contributed by atoms with Crippen LogP contribution >= 0.6 is 23.1 Å². The first-order valence-electron chi connectivity index (χ1n) is 6.72. The van der Waals surface area contributed by atoms with Gasteiger partial charge in [0.1, 0.15) is 5.69 Å². The molecular weight excluding hydrogens is 280 g/mol. The number of carbonyl (C=O) groups excluding carboxylic acids is 1. The quantitative estimate of drug-likeness (QED) is 0.933. The number of hydrogen-bond donors (Lipinski definition) is 1. The molecule has 0 aliphatic carbocycles. The molecule has 0 saturated carbocycles. The molecule has 0 aromatic carbocycles. The zero-order chi connectivity index (χ0) is 13.8. The fourth-order valence-corrected chi connectivity index (χ4v) is 4.19. The lowest BCUT2D eigenvalue weighted by Crippen LogP contribution is -2.36. The van der Waals surface area contributed by atoms with Crippen LogP contribution in [0.1, 0.15) is 41.6 Å². The molecule has 0 bridgehead atoms. The summed E-state index contributed by atoms with van der Waals surface area (Å²) in [6.07, 6.45) is 3.42. The molecule has 1 saturated heterocycles. The van der Waals surface area contributed by atoms with Gasteiger partial charge in [-0.05, 0) is 25.5 Å². The van der Waals surface area contributed by atoms with Crippen molar-refractivity contribution in [2.24, 2.45) is 0 Å². The zero-order valence-corrected chi connectivity index (χ0v) is 13.0. The van der Waals surface area contributed by atoms with Gasteiger partial charge in [0.05, 0.1) is 0 Å². The number of rotatable bonds is 3. The number of nitrogens with zero attached hydrogens (tertiary/aromatic N) is 1. The van der Waals surface area contributed by atoms with Gasteiger partial charge < -0.3 is 9.88 Å². The standard InChI is InChI=1S/C13H20N2O2S2/c1-3-18-10-6-4-5-7-15(8-10)12(16)11-9(2)19-13(17)14-11/h10H,3-8H2,1-2H3,(H,14,17). The molecule has 0 radical (unpaired) electrons. The van der Waals surface area contributed by atoms with Gasteiger partial charge in [-0.15, -0.1) is 0 Å². The normalized spacial score (nSPS) is 20.3. The number of thiazole rings is 1. The van der Waals surface area contributed by atoms with Crippen molar-refractivity contribution >= 4 is 29.0 Å². The van der Waals surface area contributed by atoms with Crippen LogP contribution in [0.25, 0.3) is 0 Å². The van der Waals surface area contributed by atoms with Gasteiger partial charge in [0.15, 0.2) is 0 Å². The maximum atomic E-state index is 12.5. The van der Waals surface area contributed by atoms with Gasteiger partial charge in [0.25, 0.3) is 5.91 Å². The van der Waals surface area contributed by atoms with Crippen LogP contribution in [0, 0.1) is 6.92 Å². The summed E-state index contributed by atoms with van der Waals surface area (Å²) in [5.41, 5.74) is 0.483. The Morgan fingerprint density at radius 3 is 2.95 bits per heavy atom. The van der Waals surface area contributed by atoms with Gasteiger partial charge in [0, 0.05) is 23.2 Å². The molecule has 1 aromatic heterocycles. The Kier molecular flexibility index (Phi) is 5.10. The number of H-pyrrole nitrogens is 1. The third-order valence-electron chi connectivity index (χ3n) is 3.36. The van der Waals surface area contributed by atoms with Crippen molar-refractivity contribution in [3.05, 3.63) is 20.2 Å². The van der Waals surface area contributed by atoms with Crippen LogP contribution in [0.3, 0.4) is 0 Å². The van der Waals surface area contributed by atoms with Crippen molar-refractivity contribution in [3.8, 4) is 0 Å². The second kappa shape index (κ2) is 6.61. The Bertz CT molecular complexity index is 495. The van der Waals surface area contributed by atoms with Gasteiger partial charge in [-0.25, -0.2) is 0 Å². The third-order valence-corrected chi connectivity index (χ3v) is 5.34. The average molecular weight is 300 g/mol. The highest BCUT2D eigenvalue weighted by Crippen LogP contribution is 2.23. The second-order valence-electron chi connectivity index (χ2n) is 4.77. The summed E-state index contributed by atoms with van der Waals surface area (Å²) in [5.74, 6) is 1.07. The molecule has 1 aliphatic rings. The van der Waals surface area contributed by atoms with Gasteiger partial charge in [0.2, 0.25) is 0 Å². The maximum absolute atomic E-state index is 12.5. The van der Waals surface area contributed by atoms with Gasteiger partial charge in [-0.2, -0.15) is 11.8 Å². The first-order valence-corrected chi connectivity index (χ1v) is 8.59. The summed E-state index contributed by atoms with van der Waals surface area (Å²) in [5, 5.41) is 0.530. The molecule has 19 heavy (non-hydrogen) atoms. The van der Waals surface area contributed by atoms with Crippen molar-refractivity contribution in [1.82, 2.24) is 9.88 Å². The Morgan fingerprint density at radius 1 is 1.53 bits per heavy atom. The number of carbonyl (C=O) groups is 1. The highest BCUT2D eigenvalue weighted by atomic mass is 32.2. The molecule has 1 unspecified atom stereocenters. The molecule has 1 aromatic rings. The highest BCUT2D eigenvalue weighted by molar-refractivity contribution is 7.99. The molecule has 2 heterocycles. The third kappa shape index (κ3) is 3.63. The fourth-order valence-electron chi connectivity index (χ4n) is 2.43. The van der Waals surface area contributed by atoms with E-state index in [1.54, 1.807) is 0 Å². The molecule has 0 spiro atoms. The van der Waals surface area contributed by atoms with Crippen LogP contribution < -0.4 is 4.87 Å². The average Bonchev–Trinajstić information content (AvgIpc) is 2.59. The van der Waals surface area contributed by atoms with Crippen molar-refractivity contribution in [2.75, 3.05) is 18.8 Å². The van der Waals surface area contributed by atoms with Crippen LogP contribution in [0.5, 0.6) is 0 Å². The minimum absolute atomic E-state index is 0.0144. The van der Waals surface area contributed by atoms with Gasteiger partial charge in [-0.1, -0.05) is 24.7 Å². The molecule has 1 fully saturated rings. The Hall–Kier alpha value is -0.750. The molecule has 6 heteroatoms. The van der Waals surface area contributed by atoms with Crippen LogP contribution in [0.15, 0.2) is 4.79 Å².